The fourth-order valence-corrected chi connectivity index (χ4v) is 3.57. The molecule has 4 heteroatoms. The van der Waals surface area contributed by atoms with Crippen LogP contribution in [-0.2, 0) is 4.79 Å². The van der Waals surface area contributed by atoms with Gasteiger partial charge in [-0.25, -0.2) is 0 Å². The smallest absolute Gasteiger partial charge is 0.223 e. The van der Waals surface area contributed by atoms with E-state index < -0.39 is 0 Å². The lowest BCUT2D eigenvalue weighted by molar-refractivity contribution is -0.126. The second kappa shape index (κ2) is 7.49. The number of rotatable bonds is 4. The third kappa shape index (κ3) is 4.35. The summed E-state index contributed by atoms with van der Waals surface area (Å²) < 4.78 is 0. The van der Waals surface area contributed by atoms with Crippen LogP contribution in [0.4, 0.5) is 0 Å². The minimum absolute atomic E-state index is 0. The van der Waals surface area contributed by atoms with Crippen LogP contribution in [0, 0.1) is 11.3 Å². The summed E-state index contributed by atoms with van der Waals surface area (Å²) in [5.41, 5.74) is 0.411. The number of amides is 1. The van der Waals surface area contributed by atoms with Gasteiger partial charge in [-0.15, -0.1) is 12.4 Å². The summed E-state index contributed by atoms with van der Waals surface area (Å²) in [5.74, 6) is 0.527. The molecule has 0 aromatic carbocycles. The molecule has 0 aromatic rings. The normalized spacial score (nSPS) is 29.6. The first-order valence-electron chi connectivity index (χ1n) is 7.66. The Balaban J connectivity index is 0.00000180. The molecule has 19 heavy (non-hydrogen) atoms. The van der Waals surface area contributed by atoms with Gasteiger partial charge >= 0.3 is 0 Å². The average Bonchev–Trinajstić information content (AvgIpc) is 2.85. The third-order valence-electron chi connectivity index (χ3n) is 5.05. The Morgan fingerprint density at radius 3 is 2.63 bits per heavy atom. The highest BCUT2D eigenvalue weighted by Crippen LogP contribution is 2.40. The first-order valence-corrected chi connectivity index (χ1v) is 7.66. The first kappa shape index (κ1) is 16.8. The predicted octanol–water partition coefficient (Wildman–Crippen LogP) is 2.88. The number of nitrogens with one attached hydrogen (secondary N) is 2. The molecule has 2 N–H and O–H groups in total. The van der Waals surface area contributed by atoms with Gasteiger partial charge in [-0.1, -0.05) is 19.8 Å². The zero-order chi connectivity index (χ0) is 13.0. The monoisotopic (exact) mass is 288 g/mol. The van der Waals surface area contributed by atoms with Crippen molar-refractivity contribution in [3.63, 3.8) is 0 Å². The molecule has 0 spiro atoms. The minimum Gasteiger partial charge on any atom is -0.355 e. The Morgan fingerprint density at radius 1 is 1.37 bits per heavy atom. The first-order chi connectivity index (χ1) is 8.65. The van der Waals surface area contributed by atoms with Crippen molar-refractivity contribution >= 4 is 18.3 Å². The fraction of sp³-hybridized carbons (Fsp3) is 0.933. The second-order valence-electron chi connectivity index (χ2n) is 6.35. The van der Waals surface area contributed by atoms with Gasteiger partial charge in [0.2, 0.25) is 5.91 Å². The van der Waals surface area contributed by atoms with Crippen molar-refractivity contribution in [3.05, 3.63) is 0 Å². The van der Waals surface area contributed by atoms with Crippen LogP contribution >= 0.6 is 12.4 Å². The van der Waals surface area contributed by atoms with E-state index in [1.807, 2.05) is 0 Å². The van der Waals surface area contributed by atoms with Crippen molar-refractivity contribution < 1.29 is 4.79 Å². The summed E-state index contributed by atoms with van der Waals surface area (Å²) in [5, 5.41) is 6.64. The van der Waals surface area contributed by atoms with Gasteiger partial charge in [-0.05, 0) is 51.0 Å². The molecule has 0 bridgehead atoms. The molecule has 2 fully saturated rings. The molecule has 1 aliphatic carbocycles. The number of hydrogen-bond acceptors (Lipinski definition) is 2. The van der Waals surface area contributed by atoms with E-state index in [0.717, 1.165) is 25.9 Å². The van der Waals surface area contributed by atoms with Crippen molar-refractivity contribution in [1.29, 1.82) is 0 Å². The molecule has 0 unspecified atom stereocenters. The molecular formula is C15H29ClN2O. The molecule has 0 radical (unpaired) electrons. The van der Waals surface area contributed by atoms with E-state index in [-0.39, 0.29) is 18.3 Å². The number of piperidine rings is 1. The number of carbonyl (C=O) groups is 1. The summed E-state index contributed by atoms with van der Waals surface area (Å²) in [6, 6.07) is 0.487. The van der Waals surface area contributed by atoms with Gasteiger partial charge in [0.25, 0.3) is 0 Å². The van der Waals surface area contributed by atoms with Crippen LogP contribution < -0.4 is 10.6 Å². The highest BCUT2D eigenvalue weighted by Gasteiger charge is 2.33. The molecule has 1 aliphatic heterocycles. The van der Waals surface area contributed by atoms with E-state index in [1.54, 1.807) is 0 Å². The Labute approximate surface area is 123 Å². The summed E-state index contributed by atoms with van der Waals surface area (Å²) in [4.78, 5) is 12.2. The predicted molar refractivity (Wildman–Crippen MR) is 81.6 cm³/mol. The molecular weight excluding hydrogens is 260 g/mol. The molecule has 2 atom stereocenters. The van der Waals surface area contributed by atoms with Gasteiger partial charge in [0.05, 0.1) is 0 Å². The summed E-state index contributed by atoms with van der Waals surface area (Å²) >= 11 is 0. The van der Waals surface area contributed by atoms with Crippen molar-refractivity contribution in [2.75, 3.05) is 13.1 Å². The quantitative estimate of drug-likeness (QED) is 0.835. The second-order valence-corrected chi connectivity index (χ2v) is 6.35. The highest BCUT2D eigenvalue weighted by atomic mass is 35.5. The summed E-state index contributed by atoms with van der Waals surface area (Å²) in [6.45, 7) is 6.33. The Bertz CT molecular complexity index is 290. The largest absolute Gasteiger partial charge is 0.355 e. The van der Waals surface area contributed by atoms with Crippen LogP contribution in [0.25, 0.3) is 0 Å². The lowest BCUT2D eigenvalue weighted by atomic mass is 9.83. The maximum atomic E-state index is 12.2. The standard InChI is InChI=1S/C15H28N2O.ClH/c1-3-15(7-4-5-8-15)11-17-14(18)13-6-9-16-12(2)10-13;/h12-13,16H,3-11H2,1-2H3,(H,17,18);1H/t12-,13-;/m0./s1. The van der Waals surface area contributed by atoms with E-state index in [2.05, 4.69) is 24.5 Å². The Morgan fingerprint density at radius 2 is 2.05 bits per heavy atom. The molecule has 1 amide bonds. The molecule has 2 rings (SSSR count). The maximum Gasteiger partial charge on any atom is 0.223 e. The Kier molecular flexibility index (Phi) is 6.61. The van der Waals surface area contributed by atoms with Crippen LogP contribution in [0.1, 0.15) is 58.8 Å². The van der Waals surface area contributed by atoms with Crippen LogP contribution in [0.2, 0.25) is 0 Å². The third-order valence-corrected chi connectivity index (χ3v) is 5.05. The maximum absolute atomic E-state index is 12.2. The van der Waals surface area contributed by atoms with Gasteiger partial charge in [0.15, 0.2) is 0 Å². The SMILES string of the molecule is CCC1(CNC(=O)[C@H]2CCN[C@@H](C)C2)CCCC1.Cl. The van der Waals surface area contributed by atoms with E-state index in [1.165, 1.54) is 32.1 Å². The average molecular weight is 289 g/mol. The van der Waals surface area contributed by atoms with Crippen molar-refractivity contribution in [2.24, 2.45) is 11.3 Å². The van der Waals surface area contributed by atoms with Crippen molar-refractivity contribution in [1.82, 2.24) is 10.6 Å². The van der Waals surface area contributed by atoms with E-state index >= 15 is 0 Å². The molecule has 1 saturated carbocycles. The van der Waals surface area contributed by atoms with Gasteiger partial charge < -0.3 is 10.6 Å². The summed E-state index contributed by atoms with van der Waals surface area (Å²) in [7, 11) is 0. The molecule has 2 aliphatic rings. The van der Waals surface area contributed by atoms with E-state index in [9.17, 15) is 4.79 Å². The molecule has 3 nitrogen and oxygen atoms in total. The van der Waals surface area contributed by atoms with Gasteiger partial charge in [0.1, 0.15) is 0 Å². The van der Waals surface area contributed by atoms with Crippen molar-refractivity contribution in [3.8, 4) is 0 Å². The van der Waals surface area contributed by atoms with Crippen molar-refractivity contribution in [2.45, 2.75) is 64.8 Å². The van der Waals surface area contributed by atoms with Gasteiger partial charge in [-0.2, -0.15) is 0 Å². The van der Waals surface area contributed by atoms with Crippen LogP contribution in [0.3, 0.4) is 0 Å². The molecule has 1 saturated heterocycles. The lowest BCUT2D eigenvalue weighted by Crippen LogP contribution is -2.44. The molecule has 112 valence electrons. The Hall–Kier alpha value is -0.280. The highest BCUT2D eigenvalue weighted by molar-refractivity contribution is 5.85. The zero-order valence-corrected chi connectivity index (χ0v) is 13.2. The topological polar surface area (TPSA) is 41.1 Å². The number of carbonyl (C=O) groups excluding carboxylic acids is 1. The van der Waals surface area contributed by atoms with Gasteiger partial charge in [-0.3, -0.25) is 4.79 Å². The minimum atomic E-state index is 0. The van der Waals surface area contributed by atoms with E-state index in [4.69, 9.17) is 0 Å². The summed E-state index contributed by atoms with van der Waals surface area (Å²) in [6.07, 6.45) is 8.47. The number of hydrogen-bond donors (Lipinski definition) is 2. The molecule has 1 heterocycles. The van der Waals surface area contributed by atoms with E-state index in [0.29, 0.717) is 17.4 Å². The van der Waals surface area contributed by atoms with Crippen LogP contribution in [0.5, 0.6) is 0 Å². The van der Waals surface area contributed by atoms with Crippen LogP contribution in [0.15, 0.2) is 0 Å². The zero-order valence-electron chi connectivity index (χ0n) is 12.3. The lowest BCUT2D eigenvalue weighted by Gasteiger charge is -2.31. The fourth-order valence-electron chi connectivity index (χ4n) is 3.57. The molecule has 0 aromatic heterocycles. The van der Waals surface area contributed by atoms with Gasteiger partial charge in [0, 0.05) is 18.5 Å². The number of halogens is 1. The van der Waals surface area contributed by atoms with Crippen LogP contribution in [-0.4, -0.2) is 25.0 Å².